The van der Waals surface area contributed by atoms with Gasteiger partial charge in [0.2, 0.25) is 0 Å². The number of thiazole rings is 1. The summed E-state index contributed by atoms with van der Waals surface area (Å²) in [6.07, 6.45) is 1.92. The Hall–Kier alpha value is -2.93. The minimum absolute atomic E-state index is 0.172. The van der Waals surface area contributed by atoms with Crippen molar-refractivity contribution in [2.75, 3.05) is 25.4 Å². The predicted octanol–water partition coefficient (Wildman–Crippen LogP) is 3.44. The SMILES string of the molecule is Nc1ccc(C(=O)OCC(=O)N2CCC[C@H](c3nc4ccccc4s3)C2)cc1. The Kier molecular flexibility index (Phi) is 5.25. The molecule has 144 valence electrons. The molecule has 1 aliphatic heterocycles. The van der Waals surface area contributed by atoms with Crippen LogP contribution >= 0.6 is 11.3 Å². The summed E-state index contributed by atoms with van der Waals surface area (Å²) < 4.78 is 6.35. The highest BCUT2D eigenvalue weighted by molar-refractivity contribution is 7.18. The number of fused-ring (bicyclic) bond motifs is 1. The molecule has 3 aromatic rings. The number of ether oxygens (including phenoxy) is 1. The van der Waals surface area contributed by atoms with E-state index in [1.807, 2.05) is 18.2 Å². The molecular weight excluding hydrogens is 374 g/mol. The summed E-state index contributed by atoms with van der Waals surface area (Å²) in [7, 11) is 0. The van der Waals surface area contributed by atoms with Gasteiger partial charge in [-0.25, -0.2) is 9.78 Å². The monoisotopic (exact) mass is 395 g/mol. The van der Waals surface area contributed by atoms with Gasteiger partial charge >= 0.3 is 5.97 Å². The van der Waals surface area contributed by atoms with Gasteiger partial charge in [-0.2, -0.15) is 0 Å². The lowest BCUT2D eigenvalue weighted by molar-refractivity contribution is -0.135. The van der Waals surface area contributed by atoms with E-state index >= 15 is 0 Å². The topological polar surface area (TPSA) is 85.5 Å². The summed E-state index contributed by atoms with van der Waals surface area (Å²) in [5.41, 5.74) is 7.57. The Labute approximate surface area is 166 Å². The molecule has 0 bridgehead atoms. The van der Waals surface area contributed by atoms with Gasteiger partial charge in [0.15, 0.2) is 6.61 Å². The van der Waals surface area contributed by atoms with Crippen LogP contribution in [0.3, 0.4) is 0 Å². The third kappa shape index (κ3) is 3.99. The van der Waals surface area contributed by atoms with Crippen LogP contribution in [0.5, 0.6) is 0 Å². The Morgan fingerprint density at radius 1 is 1.18 bits per heavy atom. The van der Waals surface area contributed by atoms with Gasteiger partial charge in [0.05, 0.1) is 20.8 Å². The summed E-state index contributed by atoms with van der Waals surface area (Å²) in [5, 5.41) is 1.07. The number of anilines is 1. The minimum atomic E-state index is -0.520. The number of hydrogen-bond donors (Lipinski definition) is 1. The smallest absolute Gasteiger partial charge is 0.338 e. The van der Waals surface area contributed by atoms with Crippen LogP contribution in [0.4, 0.5) is 5.69 Å². The van der Waals surface area contributed by atoms with Crippen molar-refractivity contribution in [2.24, 2.45) is 0 Å². The third-order valence-corrected chi connectivity index (χ3v) is 6.11. The zero-order chi connectivity index (χ0) is 19.5. The molecule has 1 atom stereocenters. The average molecular weight is 395 g/mol. The number of nitrogens with two attached hydrogens (primary N) is 1. The molecule has 2 N–H and O–H groups in total. The summed E-state index contributed by atoms with van der Waals surface area (Å²) in [5.74, 6) is -0.467. The molecule has 28 heavy (non-hydrogen) atoms. The number of nitrogen functional groups attached to an aromatic ring is 1. The molecule has 0 unspecified atom stereocenters. The zero-order valence-corrected chi connectivity index (χ0v) is 16.2. The molecule has 1 aliphatic rings. The number of hydrogen-bond acceptors (Lipinski definition) is 6. The van der Waals surface area contributed by atoms with Crippen molar-refractivity contribution < 1.29 is 14.3 Å². The predicted molar refractivity (Wildman–Crippen MR) is 109 cm³/mol. The number of nitrogens with zero attached hydrogens (tertiary/aromatic N) is 2. The highest BCUT2D eigenvalue weighted by Crippen LogP contribution is 2.32. The fraction of sp³-hybridized carbons (Fsp3) is 0.286. The van der Waals surface area contributed by atoms with E-state index < -0.39 is 5.97 Å². The van der Waals surface area contributed by atoms with Crippen molar-refractivity contribution in [3.8, 4) is 0 Å². The first kappa shape index (κ1) is 18.4. The first-order valence-electron chi connectivity index (χ1n) is 9.26. The van der Waals surface area contributed by atoms with Crippen molar-refractivity contribution in [1.29, 1.82) is 0 Å². The van der Waals surface area contributed by atoms with Gasteiger partial charge in [-0.1, -0.05) is 12.1 Å². The number of esters is 1. The molecule has 4 rings (SSSR count). The van der Waals surface area contributed by atoms with E-state index in [9.17, 15) is 9.59 Å². The molecule has 1 fully saturated rings. The third-order valence-electron chi connectivity index (χ3n) is 4.91. The van der Waals surface area contributed by atoms with E-state index in [2.05, 4.69) is 6.07 Å². The van der Waals surface area contributed by atoms with Crippen LogP contribution in [0.25, 0.3) is 10.2 Å². The van der Waals surface area contributed by atoms with Gasteiger partial charge in [0, 0.05) is 24.7 Å². The van der Waals surface area contributed by atoms with E-state index in [0.29, 0.717) is 24.3 Å². The van der Waals surface area contributed by atoms with Crippen molar-refractivity contribution in [2.45, 2.75) is 18.8 Å². The molecule has 1 aromatic heterocycles. The standard InChI is InChI=1S/C21H21N3O3S/c22-16-9-7-14(8-10-16)21(26)27-13-19(25)24-11-3-4-15(12-24)20-23-17-5-1-2-6-18(17)28-20/h1-2,5-10,15H,3-4,11-13,22H2/t15-/m0/s1. The van der Waals surface area contributed by atoms with Crippen LogP contribution in [0.1, 0.15) is 34.1 Å². The first-order valence-corrected chi connectivity index (χ1v) is 10.1. The maximum atomic E-state index is 12.5. The van der Waals surface area contributed by atoms with E-state index in [-0.39, 0.29) is 18.4 Å². The summed E-state index contributed by atoms with van der Waals surface area (Å²) >= 11 is 1.69. The summed E-state index contributed by atoms with van der Waals surface area (Å²) in [4.78, 5) is 31.1. The number of aromatic nitrogens is 1. The number of amides is 1. The molecule has 1 amide bonds. The number of carbonyl (C=O) groups excluding carboxylic acids is 2. The minimum Gasteiger partial charge on any atom is -0.452 e. The Morgan fingerprint density at radius 3 is 2.75 bits per heavy atom. The van der Waals surface area contributed by atoms with Crippen LogP contribution < -0.4 is 5.73 Å². The van der Waals surface area contributed by atoms with Gasteiger partial charge in [0.25, 0.3) is 5.91 Å². The second-order valence-corrected chi connectivity index (χ2v) is 7.96. The molecule has 0 radical (unpaired) electrons. The first-order chi connectivity index (χ1) is 13.6. The molecule has 2 aromatic carbocycles. The van der Waals surface area contributed by atoms with Gasteiger partial charge < -0.3 is 15.4 Å². The lowest BCUT2D eigenvalue weighted by atomic mass is 9.99. The maximum Gasteiger partial charge on any atom is 0.338 e. The van der Waals surface area contributed by atoms with Gasteiger partial charge in [-0.15, -0.1) is 11.3 Å². The number of piperidine rings is 1. The number of benzene rings is 2. The van der Waals surface area contributed by atoms with E-state index in [1.165, 1.54) is 4.70 Å². The fourth-order valence-corrected chi connectivity index (χ4v) is 4.48. The summed E-state index contributed by atoms with van der Waals surface area (Å²) in [6.45, 7) is 1.04. The Bertz CT molecular complexity index is 967. The Balaban J connectivity index is 1.36. The van der Waals surface area contributed by atoms with E-state index in [4.69, 9.17) is 15.5 Å². The molecule has 0 aliphatic carbocycles. The van der Waals surface area contributed by atoms with Gasteiger partial charge in [0.1, 0.15) is 0 Å². The average Bonchev–Trinajstić information content (AvgIpc) is 3.17. The largest absolute Gasteiger partial charge is 0.452 e. The zero-order valence-electron chi connectivity index (χ0n) is 15.3. The molecule has 0 saturated carbocycles. The Morgan fingerprint density at radius 2 is 1.96 bits per heavy atom. The van der Waals surface area contributed by atoms with Crippen LogP contribution in [-0.2, 0) is 9.53 Å². The van der Waals surface area contributed by atoms with Crippen LogP contribution in [0, 0.1) is 0 Å². The summed E-state index contributed by atoms with van der Waals surface area (Å²) in [6, 6.07) is 14.5. The van der Waals surface area contributed by atoms with Gasteiger partial charge in [-0.3, -0.25) is 4.79 Å². The second kappa shape index (κ2) is 7.98. The van der Waals surface area contributed by atoms with E-state index in [1.54, 1.807) is 40.5 Å². The van der Waals surface area contributed by atoms with Crippen LogP contribution in [0.2, 0.25) is 0 Å². The maximum absolute atomic E-state index is 12.5. The fourth-order valence-electron chi connectivity index (χ4n) is 3.39. The second-order valence-electron chi connectivity index (χ2n) is 6.90. The van der Waals surface area contributed by atoms with Gasteiger partial charge in [-0.05, 0) is 49.2 Å². The van der Waals surface area contributed by atoms with Crippen molar-refractivity contribution in [1.82, 2.24) is 9.88 Å². The van der Waals surface area contributed by atoms with Crippen LogP contribution in [-0.4, -0.2) is 41.5 Å². The lowest BCUT2D eigenvalue weighted by Crippen LogP contribution is -2.41. The molecule has 2 heterocycles. The number of rotatable bonds is 4. The normalized spacial score (nSPS) is 16.9. The number of likely N-dealkylation sites (tertiary alicyclic amines) is 1. The van der Waals surface area contributed by atoms with E-state index in [0.717, 1.165) is 23.4 Å². The molecule has 0 spiro atoms. The van der Waals surface area contributed by atoms with Crippen molar-refractivity contribution >= 4 is 39.1 Å². The molecular formula is C21H21N3O3S. The number of para-hydroxylation sites is 1. The molecule has 1 saturated heterocycles. The molecule has 7 heteroatoms. The lowest BCUT2D eigenvalue weighted by Gasteiger charge is -2.31. The van der Waals surface area contributed by atoms with Crippen molar-refractivity contribution in [3.05, 3.63) is 59.1 Å². The van der Waals surface area contributed by atoms with Crippen molar-refractivity contribution in [3.63, 3.8) is 0 Å². The number of carbonyl (C=O) groups is 2. The molecule has 6 nitrogen and oxygen atoms in total. The quantitative estimate of drug-likeness (QED) is 0.540. The highest BCUT2D eigenvalue weighted by Gasteiger charge is 2.27. The highest BCUT2D eigenvalue weighted by atomic mass is 32.1. The van der Waals surface area contributed by atoms with Crippen LogP contribution in [0.15, 0.2) is 48.5 Å².